The van der Waals surface area contributed by atoms with Crippen molar-refractivity contribution in [1.82, 2.24) is 0 Å². The van der Waals surface area contributed by atoms with E-state index in [0.29, 0.717) is 36.3 Å². The van der Waals surface area contributed by atoms with E-state index in [1.54, 1.807) is 6.07 Å². The van der Waals surface area contributed by atoms with Crippen molar-refractivity contribution in [2.45, 2.75) is 56.4 Å². The van der Waals surface area contributed by atoms with Crippen LogP contribution < -0.4 is 4.74 Å². The zero-order valence-corrected chi connectivity index (χ0v) is 20.5. The Balaban J connectivity index is 1.33. The van der Waals surface area contributed by atoms with Gasteiger partial charge in [-0.1, -0.05) is 41.4 Å². The van der Waals surface area contributed by atoms with Gasteiger partial charge in [-0.2, -0.15) is 13.2 Å². The van der Waals surface area contributed by atoms with Crippen LogP contribution >= 0.6 is 23.2 Å². The van der Waals surface area contributed by atoms with Gasteiger partial charge in [-0.15, -0.1) is 13.2 Å². The Morgan fingerprint density at radius 2 is 1.78 bits per heavy atom. The van der Waals surface area contributed by atoms with Gasteiger partial charge >= 0.3 is 12.5 Å². The highest BCUT2D eigenvalue weighted by Crippen LogP contribution is 2.37. The van der Waals surface area contributed by atoms with Crippen molar-refractivity contribution < 1.29 is 40.6 Å². The van der Waals surface area contributed by atoms with Crippen LogP contribution in [0.1, 0.15) is 29.5 Å². The van der Waals surface area contributed by atoms with Gasteiger partial charge in [0, 0.05) is 0 Å². The van der Waals surface area contributed by atoms with E-state index in [2.05, 4.69) is 14.7 Å². The van der Waals surface area contributed by atoms with Crippen LogP contribution in [0.15, 0.2) is 46.4 Å². The fraction of sp³-hybridized carbons (Fsp3) is 0.417. The van der Waals surface area contributed by atoms with E-state index in [1.807, 2.05) is 0 Å². The van der Waals surface area contributed by atoms with Crippen LogP contribution in [0.3, 0.4) is 0 Å². The third kappa shape index (κ3) is 7.01. The topological polar surface area (TPSA) is 52.4 Å². The minimum absolute atomic E-state index is 0.151. The molecule has 200 valence electrons. The Kier molecular flexibility index (Phi) is 8.13. The molecule has 5 nitrogen and oxygen atoms in total. The predicted molar refractivity (Wildman–Crippen MR) is 126 cm³/mol. The van der Waals surface area contributed by atoms with Gasteiger partial charge < -0.3 is 14.2 Å². The second-order valence-corrected chi connectivity index (χ2v) is 9.26. The van der Waals surface area contributed by atoms with Gasteiger partial charge in [-0.25, -0.2) is 4.99 Å². The molecule has 0 saturated carbocycles. The number of alkyl halides is 6. The Morgan fingerprint density at radius 1 is 1.00 bits per heavy atom. The molecule has 0 aliphatic carbocycles. The third-order valence-corrected chi connectivity index (χ3v) is 6.61. The highest BCUT2D eigenvalue weighted by Gasteiger charge is 2.37. The quantitative estimate of drug-likeness (QED) is 0.320. The second-order valence-electron chi connectivity index (χ2n) is 8.48. The van der Waals surface area contributed by atoms with E-state index in [4.69, 9.17) is 32.7 Å². The van der Waals surface area contributed by atoms with Crippen molar-refractivity contribution >= 4 is 35.5 Å². The van der Waals surface area contributed by atoms with Crippen LogP contribution in [0.4, 0.5) is 26.3 Å². The maximum atomic E-state index is 13.1. The molecule has 2 aromatic carbocycles. The summed E-state index contributed by atoms with van der Waals surface area (Å²) >= 11 is 11.9. The number of rotatable bonds is 8. The third-order valence-electron chi connectivity index (χ3n) is 5.87. The monoisotopic (exact) mass is 568 g/mol. The Labute approximate surface area is 218 Å². The summed E-state index contributed by atoms with van der Waals surface area (Å²) in [5, 5.41) is -0.482. The summed E-state index contributed by atoms with van der Waals surface area (Å²) in [6.07, 6.45) is -7.09. The van der Waals surface area contributed by atoms with Crippen molar-refractivity contribution in [2.75, 3.05) is 6.61 Å². The van der Waals surface area contributed by atoms with Crippen LogP contribution in [-0.4, -0.2) is 43.5 Å². The smallest absolute Gasteiger partial charge is 0.476 e. The molecule has 0 aromatic heterocycles. The van der Waals surface area contributed by atoms with Gasteiger partial charge in [0.05, 0.1) is 27.7 Å². The molecule has 3 unspecified atom stereocenters. The van der Waals surface area contributed by atoms with Crippen LogP contribution in [0.25, 0.3) is 0 Å². The largest absolute Gasteiger partial charge is 0.573 e. The lowest BCUT2D eigenvalue weighted by molar-refractivity contribution is -0.274. The summed E-state index contributed by atoms with van der Waals surface area (Å²) in [6.45, 7) is 0.282. The number of nitrogens with zero attached hydrogens (tertiary/aromatic N) is 2. The SMILES string of the molecule is FC(F)(F)Oc1ccc(CCC2COC(C3OC=NC3CCc3cccc(C(F)(F)F)c3Cl)=N2)cc1Cl. The first-order valence-corrected chi connectivity index (χ1v) is 11.9. The fourth-order valence-electron chi connectivity index (χ4n) is 4.07. The predicted octanol–water partition coefficient (Wildman–Crippen LogP) is 7.07. The zero-order valence-electron chi connectivity index (χ0n) is 19.0. The second kappa shape index (κ2) is 11.0. The number of aliphatic imine (C=N–C) groups is 2. The van der Waals surface area contributed by atoms with E-state index in [-0.39, 0.29) is 29.1 Å². The van der Waals surface area contributed by atoms with Gasteiger partial charge in [-0.3, -0.25) is 4.99 Å². The number of hydrogen-bond donors (Lipinski definition) is 0. The maximum Gasteiger partial charge on any atom is 0.573 e. The van der Waals surface area contributed by atoms with Crippen LogP contribution in [0.2, 0.25) is 10.0 Å². The minimum atomic E-state index is -4.83. The Bertz CT molecular complexity index is 1190. The lowest BCUT2D eigenvalue weighted by Gasteiger charge is -2.17. The van der Waals surface area contributed by atoms with Gasteiger partial charge in [0.25, 0.3) is 0 Å². The highest BCUT2D eigenvalue weighted by atomic mass is 35.5. The Morgan fingerprint density at radius 3 is 2.49 bits per heavy atom. The molecule has 0 spiro atoms. The molecule has 13 heteroatoms. The highest BCUT2D eigenvalue weighted by molar-refractivity contribution is 6.32. The molecular weight excluding hydrogens is 549 g/mol. The summed E-state index contributed by atoms with van der Waals surface area (Å²) in [6, 6.07) is 7.23. The van der Waals surface area contributed by atoms with Crippen molar-refractivity contribution in [3.63, 3.8) is 0 Å². The lowest BCUT2D eigenvalue weighted by Crippen LogP contribution is -2.32. The molecule has 0 fully saturated rings. The van der Waals surface area contributed by atoms with Gasteiger partial charge in [0.2, 0.25) is 5.90 Å². The average molecular weight is 569 g/mol. The first-order chi connectivity index (χ1) is 17.4. The first-order valence-electron chi connectivity index (χ1n) is 11.2. The molecule has 0 bridgehead atoms. The number of aryl methyl sites for hydroxylation is 2. The van der Waals surface area contributed by atoms with E-state index in [1.165, 1.54) is 24.6 Å². The molecule has 37 heavy (non-hydrogen) atoms. The van der Waals surface area contributed by atoms with E-state index in [0.717, 1.165) is 12.1 Å². The van der Waals surface area contributed by atoms with Crippen molar-refractivity contribution in [2.24, 2.45) is 9.98 Å². The first kappa shape index (κ1) is 27.4. The summed E-state index contributed by atoms with van der Waals surface area (Å²) < 4.78 is 91.7. The number of halogens is 8. The fourth-order valence-corrected chi connectivity index (χ4v) is 4.64. The zero-order chi connectivity index (χ0) is 26.8. The summed E-state index contributed by atoms with van der Waals surface area (Å²) in [7, 11) is 0. The molecule has 2 aromatic rings. The van der Waals surface area contributed by atoms with Crippen LogP contribution in [0, 0.1) is 0 Å². The summed E-state index contributed by atoms with van der Waals surface area (Å²) in [5.74, 6) is -0.132. The normalized spacial score (nSPS) is 21.5. The van der Waals surface area contributed by atoms with E-state index >= 15 is 0 Å². The molecule has 0 N–H and O–H groups in total. The van der Waals surface area contributed by atoms with Crippen LogP contribution in [-0.2, 0) is 28.5 Å². The number of hydrogen-bond acceptors (Lipinski definition) is 5. The van der Waals surface area contributed by atoms with E-state index in [9.17, 15) is 26.3 Å². The lowest BCUT2D eigenvalue weighted by atomic mass is 10.00. The molecule has 0 amide bonds. The van der Waals surface area contributed by atoms with Crippen LogP contribution in [0.5, 0.6) is 5.75 Å². The molecule has 2 aliphatic heterocycles. The molecule has 0 saturated heterocycles. The summed E-state index contributed by atoms with van der Waals surface area (Å²) in [5.41, 5.74) is 0.179. The molecule has 4 rings (SSSR count). The van der Waals surface area contributed by atoms with Crippen molar-refractivity contribution in [3.8, 4) is 5.75 Å². The van der Waals surface area contributed by atoms with Gasteiger partial charge in [0.1, 0.15) is 12.4 Å². The Hall–Kier alpha value is -2.66. The standard InChI is InChI=1S/C24H20Cl2F6N2O3/c25-17-10-13(5-9-19(17)37-24(30,31)32)4-7-15-11-35-22(34-15)21-18(33-12-36-21)8-6-14-2-1-3-16(20(14)26)23(27,28)29/h1-3,5,9-10,12,15,18,21H,4,6-8,11H2. The van der Waals surface area contributed by atoms with Gasteiger partial charge in [-0.05, 0) is 55.0 Å². The van der Waals surface area contributed by atoms with Gasteiger partial charge in [0.15, 0.2) is 12.5 Å². The van der Waals surface area contributed by atoms with Crippen molar-refractivity contribution in [3.05, 3.63) is 63.1 Å². The number of benzene rings is 2. The molecule has 2 aliphatic rings. The molecular formula is C24H20Cl2F6N2O3. The molecule has 0 radical (unpaired) electrons. The molecule has 3 atom stereocenters. The maximum absolute atomic E-state index is 13.1. The average Bonchev–Trinajstić information content (AvgIpc) is 3.46. The minimum Gasteiger partial charge on any atom is -0.476 e. The van der Waals surface area contributed by atoms with Crippen molar-refractivity contribution in [1.29, 1.82) is 0 Å². The number of ether oxygens (including phenoxy) is 3. The summed E-state index contributed by atoms with van der Waals surface area (Å²) in [4.78, 5) is 8.81. The van der Waals surface area contributed by atoms with E-state index < -0.39 is 36.0 Å². The molecule has 2 heterocycles.